The molecule has 0 aliphatic rings. The van der Waals surface area contributed by atoms with Gasteiger partial charge in [-0.3, -0.25) is 14.2 Å². The Balaban J connectivity index is 1.87. The molecular formula is C23H20ClN3O3S. The standard InChI is InChI=1S/C23H20ClN3O3S/c1-26(2)22(29)20(15-7-4-3-5-8-15)31-23-25-19-13-16(24)10-11-18(19)21(28)27(23)14-17-9-6-12-30-17/h3-13,20H,14H2,1-2H3/t20-/m0/s1. The summed E-state index contributed by atoms with van der Waals surface area (Å²) in [5.74, 6) is 0.524. The van der Waals surface area contributed by atoms with Crippen LogP contribution in [0.5, 0.6) is 0 Å². The average Bonchev–Trinajstić information content (AvgIpc) is 3.27. The number of fused-ring (bicyclic) bond motifs is 1. The van der Waals surface area contributed by atoms with Crippen LogP contribution < -0.4 is 5.56 Å². The molecule has 4 rings (SSSR count). The third-order valence-electron chi connectivity index (χ3n) is 4.77. The number of amides is 1. The van der Waals surface area contributed by atoms with Crippen LogP contribution >= 0.6 is 23.4 Å². The summed E-state index contributed by atoms with van der Waals surface area (Å²) in [7, 11) is 3.42. The number of nitrogens with zero attached hydrogens (tertiary/aromatic N) is 3. The van der Waals surface area contributed by atoms with Gasteiger partial charge in [-0.15, -0.1) is 0 Å². The quantitative estimate of drug-likeness (QED) is 0.315. The first-order valence-corrected chi connectivity index (χ1v) is 10.8. The van der Waals surface area contributed by atoms with E-state index < -0.39 is 5.25 Å². The van der Waals surface area contributed by atoms with Crippen molar-refractivity contribution in [3.63, 3.8) is 0 Å². The second kappa shape index (κ2) is 8.99. The Bertz CT molecular complexity index is 1270. The minimum Gasteiger partial charge on any atom is -0.467 e. The van der Waals surface area contributed by atoms with Crippen molar-refractivity contribution in [2.75, 3.05) is 14.1 Å². The SMILES string of the molecule is CN(C)C(=O)[C@@H](Sc1nc2cc(Cl)ccc2c(=O)n1Cc1ccco1)c1ccccc1. The van der Waals surface area contributed by atoms with Gasteiger partial charge in [-0.25, -0.2) is 4.98 Å². The fourth-order valence-electron chi connectivity index (χ4n) is 3.19. The predicted molar refractivity (Wildman–Crippen MR) is 123 cm³/mol. The van der Waals surface area contributed by atoms with Crippen LogP contribution in [0.4, 0.5) is 0 Å². The van der Waals surface area contributed by atoms with Crippen molar-refractivity contribution in [1.82, 2.24) is 14.5 Å². The number of furan rings is 1. The second-order valence-corrected chi connectivity index (χ2v) is 8.68. The molecule has 0 saturated carbocycles. The molecule has 0 fully saturated rings. The first-order chi connectivity index (χ1) is 14.9. The van der Waals surface area contributed by atoms with Gasteiger partial charge in [0.1, 0.15) is 11.0 Å². The van der Waals surface area contributed by atoms with Gasteiger partial charge in [0, 0.05) is 19.1 Å². The van der Waals surface area contributed by atoms with Gasteiger partial charge in [0.15, 0.2) is 5.16 Å². The monoisotopic (exact) mass is 453 g/mol. The number of hydrogen-bond donors (Lipinski definition) is 0. The Morgan fingerprint density at radius 1 is 1.16 bits per heavy atom. The Morgan fingerprint density at radius 2 is 1.94 bits per heavy atom. The van der Waals surface area contributed by atoms with E-state index in [0.29, 0.717) is 26.8 Å². The van der Waals surface area contributed by atoms with Crippen LogP contribution in [0.3, 0.4) is 0 Å². The highest BCUT2D eigenvalue weighted by Gasteiger charge is 2.26. The molecule has 0 radical (unpaired) electrons. The molecule has 0 aliphatic heterocycles. The van der Waals surface area contributed by atoms with Gasteiger partial charge in [-0.2, -0.15) is 0 Å². The van der Waals surface area contributed by atoms with E-state index >= 15 is 0 Å². The highest BCUT2D eigenvalue weighted by atomic mass is 35.5. The lowest BCUT2D eigenvalue weighted by Gasteiger charge is -2.22. The van der Waals surface area contributed by atoms with Gasteiger partial charge >= 0.3 is 0 Å². The number of thioether (sulfide) groups is 1. The fourth-order valence-corrected chi connectivity index (χ4v) is 4.60. The van der Waals surface area contributed by atoms with E-state index in [1.165, 1.54) is 16.7 Å². The van der Waals surface area contributed by atoms with Crippen LogP contribution in [-0.2, 0) is 11.3 Å². The van der Waals surface area contributed by atoms with Crippen molar-refractivity contribution in [3.05, 3.63) is 93.6 Å². The Kier molecular flexibility index (Phi) is 6.15. The van der Waals surface area contributed by atoms with Crippen molar-refractivity contribution in [3.8, 4) is 0 Å². The molecule has 4 aromatic rings. The smallest absolute Gasteiger partial charge is 0.262 e. The number of halogens is 1. The van der Waals surface area contributed by atoms with Gasteiger partial charge in [0.2, 0.25) is 5.91 Å². The third kappa shape index (κ3) is 4.52. The number of benzene rings is 2. The number of rotatable bonds is 6. The zero-order valence-electron chi connectivity index (χ0n) is 17.0. The second-order valence-electron chi connectivity index (χ2n) is 7.17. The van der Waals surface area contributed by atoms with E-state index in [1.54, 1.807) is 55.3 Å². The van der Waals surface area contributed by atoms with Gasteiger partial charge < -0.3 is 9.32 Å². The van der Waals surface area contributed by atoms with Crippen LogP contribution in [0.15, 0.2) is 81.3 Å². The topological polar surface area (TPSA) is 68.3 Å². The van der Waals surface area contributed by atoms with E-state index in [4.69, 9.17) is 21.0 Å². The molecule has 2 aromatic heterocycles. The zero-order chi connectivity index (χ0) is 22.0. The summed E-state index contributed by atoms with van der Waals surface area (Å²) in [6.07, 6.45) is 1.56. The van der Waals surface area contributed by atoms with E-state index in [1.807, 2.05) is 30.3 Å². The van der Waals surface area contributed by atoms with E-state index in [2.05, 4.69) is 0 Å². The molecule has 0 spiro atoms. The van der Waals surface area contributed by atoms with Crippen molar-refractivity contribution < 1.29 is 9.21 Å². The summed E-state index contributed by atoms with van der Waals surface area (Å²) in [6.45, 7) is 0.206. The lowest BCUT2D eigenvalue weighted by Crippen LogP contribution is -2.28. The highest BCUT2D eigenvalue weighted by Crippen LogP contribution is 2.36. The molecule has 8 heteroatoms. The number of likely N-dealkylation sites (N-methyl/N-ethyl adjacent to an activating group) is 1. The van der Waals surface area contributed by atoms with Crippen LogP contribution in [0.1, 0.15) is 16.6 Å². The van der Waals surface area contributed by atoms with Crippen LogP contribution in [0.25, 0.3) is 10.9 Å². The number of carbonyl (C=O) groups excluding carboxylic acids is 1. The summed E-state index contributed by atoms with van der Waals surface area (Å²) in [6, 6.07) is 18.0. The maximum absolute atomic E-state index is 13.3. The molecule has 158 valence electrons. The zero-order valence-corrected chi connectivity index (χ0v) is 18.6. The predicted octanol–water partition coefficient (Wildman–Crippen LogP) is 4.61. The van der Waals surface area contributed by atoms with E-state index in [9.17, 15) is 9.59 Å². The normalized spacial score (nSPS) is 12.1. The molecule has 31 heavy (non-hydrogen) atoms. The van der Waals surface area contributed by atoms with Gasteiger partial charge in [0.25, 0.3) is 5.56 Å². The van der Waals surface area contributed by atoms with Gasteiger partial charge in [-0.1, -0.05) is 53.7 Å². The summed E-state index contributed by atoms with van der Waals surface area (Å²) < 4.78 is 7.00. The van der Waals surface area contributed by atoms with Gasteiger partial charge in [0.05, 0.1) is 23.7 Å². The van der Waals surface area contributed by atoms with Crippen molar-refractivity contribution in [2.24, 2.45) is 0 Å². The molecule has 0 bridgehead atoms. The number of carbonyl (C=O) groups is 1. The summed E-state index contributed by atoms with van der Waals surface area (Å²) in [5.41, 5.74) is 1.10. The van der Waals surface area contributed by atoms with Crippen molar-refractivity contribution >= 4 is 40.2 Å². The lowest BCUT2D eigenvalue weighted by molar-refractivity contribution is -0.128. The van der Waals surface area contributed by atoms with Gasteiger partial charge in [-0.05, 0) is 35.9 Å². The molecule has 2 aromatic carbocycles. The van der Waals surface area contributed by atoms with E-state index in [-0.39, 0.29) is 18.0 Å². The molecule has 1 amide bonds. The maximum Gasteiger partial charge on any atom is 0.262 e. The van der Waals surface area contributed by atoms with Crippen molar-refractivity contribution in [1.29, 1.82) is 0 Å². The number of hydrogen-bond acceptors (Lipinski definition) is 5. The highest BCUT2D eigenvalue weighted by molar-refractivity contribution is 8.00. The minimum absolute atomic E-state index is 0.0961. The van der Waals surface area contributed by atoms with Crippen LogP contribution in [0.2, 0.25) is 5.02 Å². The Labute approximate surface area is 188 Å². The lowest BCUT2D eigenvalue weighted by atomic mass is 10.1. The molecule has 1 atom stereocenters. The molecule has 0 saturated heterocycles. The molecule has 0 aliphatic carbocycles. The summed E-state index contributed by atoms with van der Waals surface area (Å²) in [5, 5.41) is 0.793. The molecule has 2 heterocycles. The summed E-state index contributed by atoms with van der Waals surface area (Å²) in [4.78, 5) is 32.6. The Hall–Kier alpha value is -3.03. The fraction of sp³-hybridized carbons (Fsp3) is 0.174. The third-order valence-corrected chi connectivity index (χ3v) is 6.23. The summed E-state index contributed by atoms with van der Waals surface area (Å²) >= 11 is 7.38. The molecular weight excluding hydrogens is 434 g/mol. The largest absolute Gasteiger partial charge is 0.467 e. The van der Waals surface area contributed by atoms with Crippen LogP contribution in [0, 0.1) is 0 Å². The minimum atomic E-state index is -0.567. The van der Waals surface area contributed by atoms with Crippen LogP contribution in [-0.4, -0.2) is 34.5 Å². The molecule has 0 unspecified atom stereocenters. The molecule has 6 nitrogen and oxygen atoms in total. The maximum atomic E-state index is 13.3. The van der Waals surface area contributed by atoms with E-state index in [0.717, 1.165) is 5.56 Å². The first-order valence-electron chi connectivity index (χ1n) is 9.59. The number of aromatic nitrogens is 2. The first kappa shape index (κ1) is 21.2. The van der Waals surface area contributed by atoms with Crippen molar-refractivity contribution in [2.45, 2.75) is 17.0 Å². The average molecular weight is 454 g/mol. The Morgan fingerprint density at radius 3 is 2.61 bits per heavy atom. The molecule has 0 N–H and O–H groups in total.